The van der Waals surface area contributed by atoms with Crippen molar-refractivity contribution in [1.82, 2.24) is 10.2 Å². The molecule has 1 saturated heterocycles. The summed E-state index contributed by atoms with van der Waals surface area (Å²) in [6.45, 7) is 6.16. The van der Waals surface area contributed by atoms with Gasteiger partial charge in [-0.05, 0) is 12.3 Å². The van der Waals surface area contributed by atoms with Crippen molar-refractivity contribution in [2.75, 3.05) is 24.6 Å². The zero-order chi connectivity index (χ0) is 16.0. The van der Waals surface area contributed by atoms with Gasteiger partial charge in [0.25, 0.3) is 0 Å². The van der Waals surface area contributed by atoms with Crippen LogP contribution in [-0.2, 0) is 19.4 Å². The van der Waals surface area contributed by atoms with Crippen LogP contribution in [0.2, 0.25) is 0 Å². The summed E-state index contributed by atoms with van der Waals surface area (Å²) in [6, 6.07) is -0.543. The van der Waals surface area contributed by atoms with Crippen LogP contribution < -0.4 is 5.32 Å². The Bertz CT molecular complexity index is 475. The first-order valence-electron chi connectivity index (χ1n) is 7.59. The molecule has 6 nitrogen and oxygen atoms in total. The highest BCUT2D eigenvalue weighted by Crippen LogP contribution is 2.14. The van der Waals surface area contributed by atoms with Gasteiger partial charge in [0.15, 0.2) is 9.84 Å². The second-order valence-electron chi connectivity index (χ2n) is 5.66. The number of nitrogens with one attached hydrogen (secondary N) is 1. The van der Waals surface area contributed by atoms with Crippen molar-refractivity contribution < 1.29 is 18.0 Å². The Kier molecular flexibility index (Phi) is 6.64. The number of hydrogen-bond acceptors (Lipinski definition) is 4. The van der Waals surface area contributed by atoms with Crippen LogP contribution in [0, 0.1) is 5.92 Å². The molecule has 0 spiro atoms. The molecule has 2 amide bonds. The van der Waals surface area contributed by atoms with E-state index in [0.29, 0.717) is 13.0 Å². The van der Waals surface area contributed by atoms with Crippen LogP contribution in [0.25, 0.3) is 0 Å². The largest absolute Gasteiger partial charge is 0.344 e. The minimum absolute atomic E-state index is 0.0337. The molecule has 0 saturated carbocycles. The highest BCUT2D eigenvalue weighted by molar-refractivity contribution is 7.91. The van der Waals surface area contributed by atoms with Gasteiger partial charge in [-0.1, -0.05) is 27.2 Å². The van der Waals surface area contributed by atoms with E-state index in [-0.39, 0.29) is 42.2 Å². The minimum Gasteiger partial charge on any atom is -0.344 e. The molecule has 2 unspecified atom stereocenters. The lowest BCUT2D eigenvalue weighted by Crippen LogP contribution is -2.49. The molecule has 122 valence electrons. The molecule has 0 aromatic carbocycles. The molecule has 21 heavy (non-hydrogen) atoms. The summed E-state index contributed by atoms with van der Waals surface area (Å²) in [7, 11) is -3.12. The molecule has 1 rings (SSSR count). The monoisotopic (exact) mass is 318 g/mol. The van der Waals surface area contributed by atoms with Crippen molar-refractivity contribution in [1.29, 1.82) is 0 Å². The molecule has 2 atom stereocenters. The maximum absolute atomic E-state index is 12.5. The van der Waals surface area contributed by atoms with Crippen molar-refractivity contribution in [2.45, 2.75) is 46.1 Å². The van der Waals surface area contributed by atoms with Crippen LogP contribution in [0.1, 0.15) is 40.0 Å². The number of nitrogens with zero attached hydrogens (tertiary/aromatic N) is 1. The number of sulfone groups is 1. The summed E-state index contributed by atoms with van der Waals surface area (Å²) >= 11 is 0. The summed E-state index contributed by atoms with van der Waals surface area (Å²) in [6.07, 6.45) is 1.58. The Hall–Kier alpha value is -1.11. The van der Waals surface area contributed by atoms with Gasteiger partial charge in [-0.25, -0.2) is 8.42 Å². The first-order valence-corrected chi connectivity index (χ1v) is 9.41. The van der Waals surface area contributed by atoms with E-state index < -0.39 is 15.9 Å². The molecule has 0 bridgehead atoms. The van der Waals surface area contributed by atoms with E-state index in [9.17, 15) is 18.0 Å². The SMILES string of the molecule is CCCS(=O)(=O)CCN1CCC(=O)NC(C(C)CC)C1=O. The molecular formula is C14H26N2O4S. The van der Waals surface area contributed by atoms with E-state index in [1.807, 2.05) is 20.8 Å². The molecule has 0 radical (unpaired) electrons. The van der Waals surface area contributed by atoms with Crippen LogP contribution in [-0.4, -0.2) is 55.8 Å². The number of carbonyl (C=O) groups excluding carboxylic acids is 2. The van der Waals surface area contributed by atoms with Crippen LogP contribution >= 0.6 is 0 Å². The predicted octanol–water partition coefficient (Wildman–Crippen LogP) is 0.574. The lowest BCUT2D eigenvalue weighted by Gasteiger charge is -2.27. The van der Waals surface area contributed by atoms with Crippen LogP contribution in [0.15, 0.2) is 0 Å². The fraction of sp³-hybridized carbons (Fsp3) is 0.857. The van der Waals surface area contributed by atoms with Crippen molar-refractivity contribution in [3.8, 4) is 0 Å². The van der Waals surface area contributed by atoms with Crippen LogP contribution in [0.4, 0.5) is 0 Å². The van der Waals surface area contributed by atoms with Gasteiger partial charge >= 0.3 is 0 Å². The predicted molar refractivity (Wildman–Crippen MR) is 81.5 cm³/mol. The zero-order valence-corrected chi connectivity index (χ0v) is 13.9. The van der Waals surface area contributed by atoms with Crippen molar-refractivity contribution in [2.24, 2.45) is 5.92 Å². The maximum Gasteiger partial charge on any atom is 0.245 e. The molecule has 1 N–H and O–H groups in total. The average Bonchev–Trinajstić information content (AvgIpc) is 2.56. The van der Waals surface area contributed by atoms with Crippen LogP contribution in [0.3, 0.4) is 0 Å². The molecule has 1 heterocycles. The molecule has 7 heteroatoms. The third kappa shape index (κ3) is 5.30. The Morgan fingerprint density at radius 3 is 2.52 bits per heavy atom. The number of hydrogen-bond donors (Lipinski definition) is 1. The van der Waals surface area contributed by atoms with Gasteiger partial charge in [-0.3, -0.25) is 9.59 Å². The van der Waals surface area contributed by atoms with Gasteiger partial charge in [-0.15, -0.1) is 0 Å². The summed E-state index contributed by atoms with van der Waals surface area (Å²) in [4.78, 5) is 25.7. The maximum atomic E-state index is 12.5. The Morgan fingerprint density at radius 2 is 1.95 bits per heavy atom. The lowest BCUT2D eigenvalue weighted by atomic mass is 9.98. The van der Waals surface area contributed by atoms with E-state index in [1.165, 1.54) is 4.90 Å². The Balaban J connectivity index is 2.76. The topological polar surface area (TPSA) is 83.6 Å². The number of carbonyl (C=O) groups is 2. The van der Waals surface area contributed by atoms with Crippen molar-refractivity contribution >= 4 is 21.7 Å². The summed E-state index contributed by atoms with van der Waals surface area (Å²) in [5.74, 6) is -0.168. The van der Waals surface area contributed by atoms with Gasteiger partial charge in [0, 0.05) is 25.3 Å². The first kappa shape index (κ1) is 17.9. The number of amides is 2. The van der Waals surface area contributed by atoms with Crippen LogP contribution in [0.5, 0.6) is 0 Å². The third-order valence-electron chi connectivity index (χ3n) is 3.90. The summed E-state index contributed by atoms with van der Waals surface area (Å²) in [5, 5.41) is 2.75. The highest BCUT2D eigenvalue weighted by atomic mass is 32.2. The summed E-state index contributed by atoms with van der Waals surface area (Å²) < 4.78 is 23.6. The Morgan fingerprint density at radius 1 is 1.29 bits per heavy atom. The van der Waals surface area contributed by atoms with E-state index in [0.717, 1.165) is 6.42 Å². The first-order chi connectivity index (χ1) is 9.80. The average molecular weight is 318 g/mol. The van der Waals surface area contributed by atoms with Crippen molar-refractivity contribution in [3.63, 3.8) is 0 Å². The molecule has 0 aromatic heterocycles. The van der Waals surface area contributed by atoms with Gasteiger partial charge in [-0.2, -0.15) is 0 Å². The molecule has 1 aliphatic heterocycles. The fourth-order valence-electron chi connectivity index (χ4n) is 2.36. The standard InChI is InChI=1S/C14H26N2O4S/c1-4-9-21(19,20)10-8-16-7-6-12(17)15-13(14(16)18)11(3)5-2/h11,13H,4-10H2,1-3H3,(H,15,17). The Labute approximate surface area is 127 Å². The zero-order valence-electron chi connectivity index (χ0n) is 13.1. The van der Waals surface area contributed by atoms with E-state index >= 15 is 0 Å². The fourth-order valence-corrected chi connectivity index (χ4v) is 3.68. The third-order valence-corrected chi connectivity index (χ3v) is 5.74. The van der Waals surface area contributed by atoms with Gasteiger partial charge in [0.1, 0.15) is 6.04 Å². The number of rotatable bonds is 7. The molecule has 1 aliphatic rings. The van der Waals surface area contributed by atoms with Gasteiger partial charge in [0.2, 0.25) is 11.8 Å². The lowest BCUT2D eigenvalue weighted by molar-refractivity contribution is -0.134. The summed E-state index contributed by atoms with van der Waals surface area (Å²) in [5.41, 5.74) is 0. The van der Waals surface area contributed by atoms with E-state index in [4.69, 9.17) is 0 Å². The van der Waals surface area contributed by atoms with E-state index in [2.05, 4.69) is 5.32 Å². The second-order valence-corrected chi connectivity index (χ2v) is 7.96. The normalized spacial score (nSPS) is 21.9. The molecular weight excluding hydrogens is 292 g/mol. The minimum atomic E-state index is -3.12. The smallest absolute Gasteiger partial charge is 0.245 e. The highest BCUT2D eigenvalue weighted by Gasteiger charge is 2.33. The molecule has 0 aromatic rings. The molecule has 0 aliphatic carbocycles. The van der Waals surface area contributed by atoms with Crippen molar-refractivity contribution in [3.05, 3.63) is 0 Å². The second kappa shape index (κ2) is 7.77. The molecule has 1 fully saturated rings. The van der Waals surface area contributed by atoms with Gasteiger partial charge < -0.3 is 10.2 Å². The van der Waals surface area contributed by atoms with E-state index in [1.54, 1.807) is 0 Å². The quantitative estimate of drug-likeness (QED) is 0.744. The van der Waals surface area contributed by atoms with Gasteiger partial charge in [0.05, 0.1) is 5.75 Å².